The Morgan fingerprint density at radius 2 is 2.18 bits per heavy atom. The van der Waals surface area contributed by atoms with Gasteiger partial charge in [0.25, 0.3) is 0 Å². The second-order valence-electron chi connectivity index (χ2n) is 3.30. The molecule has 1 saturated heterocycles. The molecule has 0 aliphatic carbocycles. The first-order valence-corrected chi connectivity index (χ1v) is 4.63. The summed E-state index contributed by atoms with van der Waals surface area (Å²) in [5.74, 6) is 0. The molecule has 0 radical (unpaired) electrons. The van der Waals surface area contributed by atoms with Gasteiger partial charge in [0.2, 0.25) is 0 Å². The SMILES string of the molecule is CCC(C)N(CC)CC1CO1. The van der Waals surface area contributed by atoms with Crippen LogP contribution in [0.3, 0.4) is 0 Å². The lowest BCUT2D eigenvalue weighted by molar-refractivity contribution is 0.194. The van der Waals surface area contributed by atoms with E-state index < -0.39 is 0 Å². The highest BCUT2D eigenvalue weighted by Crippen LogP contribution is 2.13. The molecule has 0 aromatic carbocycles. The van der Waals surface area contributed by atoms with Crippen LogP contribution in [0.25, 0.3) is 0 Å². The van der Waals surface area contributed by atoms with Crippen LogP contribution in [-0.4, -0.2) is 36.7 Å². The molecule has 0 N–H and O–H groups in total. The van der Waals surface area contributed by atoms with Crippen molar-refractivity contribution in [3.05, 3.63) is 0 Å². The third kappa shape index (κ3) is 2.80. The lowest BCUT2D eigenvalue weighted by atomic mass is 10.2. The maximum Gasteiger partial charge on any atom is 0.0936 e. The van der Waals surface area contributed by atoms with Crippen molar-refractivity contribution in [1.29, 1.82) is 0 Å². The molecule has 0 bridgehead atoms. The number of ether oxygens (including phenoxy) is 1. The van der Waals surface area contributed by atoms with E-state index in [4.69, 9.17) is 4.74 Å². The predicted molar refractivity (Wildman–Crippen MR) is 46.7 cm³/mol. The van der Waals surface area contributed by atoms with Crippen LogP contribution in [0.2, 0.25) is 0 Å². The Morgan fingerprint density at radius 3 is 2.55 bits per heavy atom. The average Bonchev–Trinajstić information content (AvgIpc) is 2.82. The van der Waals surface area contributed by atoms with Gasteiger partial charge in [-0.25, -0.2) is 0 Å². The summed E-state index contributed by atoms with van der Waals surface area (Å²) in [6.45, 7) is 9.99. The highest BCUT2D eigenvalue weighted by Gasteiger charge is 2.26. The van der Waals surface area contributed by atoms with E-state index in [1.807, 2.05) is 0 Å². The standard InChI is InChI=1S/C9H19NO/c1-4-8(3)10(5-2)6-9-7-11-9/h8-9H,4-7H2,1-3H3. The van der Waals surface area contributed by atoms with Crippen molar-refractivity contribution in [2.75, 3.05) is 19.7 Å². The van der Waals surface area contributed by atoms with E-state index in [-0.39, 0.29) is 0 Å². The molecule has 2 atom stereocenters. The Hall–Kier alpha value is -0.0800. The van der Waals surface area contributed by atoms with Gasteiger partial charge in [-0.2, -0.15) is 0 Å². The number of epoxide rings is 1. The van der Waals surface area contributed by atoms with Crippen molar-refractivity contribution in [2.24, 2.45) is 0 Å². The molecule has 1 rings (SSSR count). The number of nitrogens with zero attached hydrogens (tertiary/aromatic N) is 1. The summed E-state index contributed by atoms with van der Waals surface area (Å²) in [7, 11) is 0. The van der Waals surface area contributed by atoms with Gasteiger partial charge in [-0.3, -0.25) is 4.90 Å². The molecule has 2 nitrogen and oxygen atoms in total. The summed E-state index contributed by atoms with van der Waals surface area (Å²) in [5.41, 5.74) is 0. The maximum atomic E-state index is 5.19. The summed E-state index contributed by atoms with van der Waals surface area (Å²) in [4.78, 5) is 2.48. The average molecular weight is 157 g/mol. The first-order chi connectivity index (χ1) is 5.27. The molecule has 0 saturated carbocycles. The van der Waals surface area contributed by atoms with Gasteiger partial charge in [0.1, 0.15) is 0 Å². The molecule has 1 fully saturated rings. The molecule has 2 unspecified atom stereocenters. The maximum absolute atomic E-state index is 5.19. The Balaban J connectivity index is 2.21. The fraction of sp³-hybridized carbons (Fsp3) is 1.00. The molecule has 1 heterocycles. The van der Waals surface area contributed by atoms with Crippen molar-refractivity contribution in [3.8, 4) is 0 Å². The van der Waals surface area contributed by atoms with Gasteiger partial charge in [0.05, 0.1) is 12.7 Å². The zero-order valence-electron chi connectivity index (χ0n) is 7.84. The van der Waals surface area contributed by atoms with Crippen LogP contribution < -0.4 is 0 Å². The highest BCUT2D eigenvalue weighted by atomic mass is 16.6. The van der Waals surface area contributed by atoms with E-state index in [9.17, 15) is 0 Å². The van der Waals surface area contributed by atoms with Crippen molar-refractivity contribution >= 4 is 0 Å². The van der Waals surface area contributed by atoms with E-state index >= 15 is 0 Å². The minimum absolute atomic E-state index is 0.545. The summed E-state index contributed by atoms with van der Waals surface area (Å²) >= 11 is 0. The monoisotopic (exact) mass is 157 g/mol. The van der Waals surface area contributed by atoms with Gasteiger partial charge >= 0.3 is 0 Å². The van der Waals surface area contributed by atoms with E-state index in [1.165, 1.54) is 6.42 Å². The van der Waals surface area contributed by atoms with Gasteiger partial charge in [0.15, 0.2) is 0 Å². The van der Waals surface area contributed by atoms with Gasteiger partial charge in [-0.05, 0) is 19.9 Å². The molecule has 66 valence electrons. The summed E-state index contributed by atoms with van der Waals surface area (Å²) < 4.78 is 5.19. The van der Waals surface area contributed by atoms with Crippen molar-refractivity contribution in [2.45, 2.75) is 39.3 Å². The Kier molecular flexibility index (Phi) is 3.34. The quantitative estimate of drug-likeness (QED) is 0.562. The Labute approximate surface area is 69.5 Å². The second-order valence-corrected chi connectivity index (χ2v) is 3.30. The number of likely N-dealkylation sites (N-methyl/N-ethyl adjacent to an activating group) is 1. The first kappa shape index (κ1) is 9.01. The van der Waals surface area contributed by atoms with Crippen LogP contribution >= 0.6 is 0 Å². The van der Waals surface area contributed by atoms with Crippen LogP contribution in [0.1, 0.15) is 27.2 Å². The molecular formula is C9H19NO. The lowest BCUT2D eigenvalue weighted by Gasteiger charge is -2.25. The highest BCUT2D eigenvalue weighted by molar-refractivity contribution is 4.76. The van der Waals surface area contributed by atoms with Crippen molar-refractivity contribution in [1.82, 2.24) is 4.90 Å². The van der Waals surface area contributed by atoms with E-state index in [1.54, 1.807) is 0 Å². The Morgan fingerprint density at radius 1 is 1.55 bits per heavy atom. The van der Waals surface area contributed by atoms with Crippen molar-refractivity contribution in [3.63, 3.8) is 0 Å². The minimum atomic E-state index is 0.545. The molecule has 1 aliphatic heterocycles. The van der Waals surface area contributed by atoms with Crippen LogP contribution in [0.15, 0.2) is 0 Å². The molecule has 1 aliphatic rings. The van der Waals surface area contributed by atoms with Gasteiger partial charge < -0.3 is 4.74 Å². The molecule has 0 spiro atoms. The fourth-order valence-electron chi connectivity index (χ4n) is 1.31. The zero-order chi connectivity index (χ0) is 8.27. The van der Waals surface area contributed by atoms with Gasteiger partial charge in [0, 0.05) is 12.6 Å². The van der Waals surface area contributed by atoms with Crippen LogP contribution in [0.4, 0.5) is 0 Å². The minimum Gasteiger partial charge on any atom is -0.372 e. The predicted octanol–water partition coefficient (Wildman–Crippen LogP) is 1.51. The van der Waals surface area contributed by atoms with E-state index in [0.717, 1.165) is 19.7 Å². The fourth-order valence-corrected chi connectivity index (χ4v) is 1.31. The largest absolute Gasteiger partial charge is 0.372 e. The summed E-state index contributed by atoms with van der Waals surface area (Å²) in [6.07, 6.45) is 1.78. The number of rotatable bonds is 5. The number of hydrogen-bond acceptors (Lipinski definition) is 2. The normalized spacial score (nSPS) is 25.6. The molecule has 0 aromatic heterocycles. The van der Waals surface area contributed by atoms with Gasteiger partial charge in [-0.1, -0.05) is 13.8 Å². The second kappa shape index (κ2) is 4.07. The van der Waals surface area contributed by atoms with Crippen LogP contribution in [0, 0.1) is 0 Å². The smallest absolute Gasteiger partial charge is 0.0936 e. The van der Waals surface area contributed by atoms with E-state index in [2.05, 4.69) is 25.7 Å². The molecule has 0 amide bonds. The zero-order valence-corrected chi connectivity index (χ0v) is 7.84. The third-order valence-corrected chi connectivity index (χ3v) is 2.46. The molecule has 11 heavy (non-hydrogen) atoms. The Bertz CT molecular complexity index is 112. The summed E-state index contributed by atoms with van der Waals surface area (Å²) in [6, 6.07) is 0.712. The number of hydrogen-bond donors (Lipinski definition) is 0. The third-order valence-electron chi connectivity index (χ3n) is 2.46. The first-order valence-electron chi connectivity index (χ1n) is 4.63. The summed E-state index contributed by atoms with van der Waals surface area (Å²) in [5, 5.41) is 0. The molecular weight excluding hydrogens is 138 g/mol. The molecule has 2 heteroatoms. The van der Waals surface area contributed by atoms with Crippen LogP contribution in [0.5, 0.6) is 0 Å². The lowest BCUT2D eigenvalue weighted by Crippen LogP contribution is -2.35. The van der Waals surface area contributed by atoms with Crippen LogP contribution in [-0.2, 0) is 4.74 Å². The molecule has 0 aromatic rings. The van der Waals surface area contributed by atoms with Crippen molar-refractivity contribution < 1.29 is 4.74 Å². The van der Waals surface area contributed by atoms with E-state index in [0.29, 0.717) is 12.1 Å². The topological polar surface area (TPSA) is 15.8 Å². The van der Waals surface area contributed by atoms with Gasteiger partial charge in [-0.15, -0.1) is 0 Å².